The molecule has 0 bridgehead atoms. The molecule has 0 radical (unpaired) electrons. The van der Waals surface area contributed by atoms with Gasteiger partial charge in [-0.05, 0) is 42.9 Å². The summed E-state index contributed by atoms with van der Waals surface area (Å²) in [6.45, 7) is 0.179. The van der Waals surface area contributed by atoms with Gasteiger partial charge in [-0.1, -0.05) is 31.0 Å². The molecule has 0 spiro atoms. The number of nitro benzene ring substituents is 1. The van der Waals surface area contributed by atoms with Crippen LogP contribution in [0.25, 0.3) is 0 Å². The summed E-state index contributed by atoms with van der Waals surface area (Å²) >= 11 is 0. The van der Waals surface area contributed by atoms with Crippen molar-refractivity contribution < 1.29 is 14.5 Å². The van der Waals surface area contributed by atoms with Crippen molar-refractivity contribution >= 4 is 23.2 Å². The van der Waals surface area contributed by atoms with Gasteiger partial charge in [-0.3, -0.25) is 24.6 Å². The van der Waals surface area contributed by atoms with E-state index < -0.39 is 10.8 Å². The van der Waals surface area contributed by atoms with Crippen LogP contribution in [0, 0.1) is 16.0 Å². The van der Waals surface area contributed by atoms with E-state index in [1.54, 1.807) is 0 Å². The molecule has 1 fully saturated rings. The van der Waals surface area contributed by atoms with Crippen LogP contribution in [0.5, 0.6) is 0 Å². The summed E-state index contributed by atoms with van der Waals surface area (Å²) in [4.78, 5) is 39.9. The third kappa shape index (κ3) is 2.80. The van der Waals surface area contributed by atoms with Crippen LogP contribution in [0.4, 0.5) is 11.4 Å². The van der Waals surface area contributed by atoms with Crippen molar-refractivity contribution in [1.29, 1.82) is 0 Å². The molecule has 148 valence electrons. The van der Waals surface area contributed by atoms with Crippen LogP contribution in [0.2, 0.25) is 0 Å². The topological polar surface area (TPSA) is 83.8 Å². The number of amides is 2. The van der Waals surface area contributed by atoms with Crippen LogP contribution in [-0.4, -0.2) is 34.3 Å². The number of non-ortho nitro benzene ring substituents is 1. The van der Waals surface area contributed by atoms with Crippen molar-refractivity contribution in [2.24, 2.45) is 5.92 Å². The molecule has 2 aliphatic heterocycles. The van der Waals surface area contributed by atoms with Crippen molar-refractivity contribution in [3.8, 4) is 0 Å². The molecule has 7 nitrogen and oxygen atoms in total. The number of nitro groups is 1. The Morgan fingerprint density at radius 1 is 1.00 bits per heavy atom. The van der Waals surface area contributed by atoms with E-state index in [0.717, 1.165) is 31.4 Å². The van der Waals surface area contributed by atoms with Crippen LogP contribution in [-0.2, 0) is 6.42 Å². The highest BCUT2D eigenvalue weighted by atomic mass is 16.6. The summed E-state index contributed by atoms with van der Waals surface area (Å²) in [5, 5.41) is 11.1. The first kappa shape index (κ1) is 17.8. The van der Waals surface area contributed by atoms with E-state index in [4.69, 9.17) is 0 Å². The van der Waals surface area contributed by atoms with Gasteiger partial charge in [-0.25, -0.2) is 0 Å². The molecule has 2 heterocycles. The Bertz CT molecular complexity index is 1030. The largest absolute Gasteiger partial charge is 0.350 e. The molecule has 2 amide bonds. The van der Waals surface area contributed by atoms with Crippen molar-refractivity contribution in [1.82, 2.24) is 4.90 Å². The van der Waals surface area contributed by atoms with Crippen LogP contribution < -0.4 is 4.90 Å². The lowest BCUT2D eigenvalue weighted by atomic mass is 9.76. The molecule has 7 heteroatoms. The first-order chi connectivity index (χ1) is 14.0. The number of carbonyl (C=O) groups is 2. The first-order valence-corrected chi connectivity index (χ1v) is 10.0. The number of para-hydroxylation sites is 1. The Morgan fingerprint density at radius 3 is 2.59 bits per heavy atom. The zero-order valence-electron chi connectivity index (χ0n) is 15.9. The highest BCUT2D eigenvalue weighted by Crippen LogP contribution is 2.41. The third-order valence-corrected chi connectivity index (χ3v) is 6.51. The zero-order chi connectivity index (χ0) is 20.1. The second-order valence-corrected chi connectivity index (χ2v) is 8.08. The van der Waals surface area contributed by atoms with E-state index >= 15 is 0 Å². The average Bonchev–Trinajstić information content (AvgIpc) is 2.97. The summed E-state index contributed by atoms with van der Waals surface area (Å²) in [6.07, 6.45) is 5.60. The maximum Gasteiger partial charge on any atom is 0.270 e. The number of benzene rings is 2. The number of carbonyl (C=O) groups excluding carboxylic acids is 2. The number of hydrogen-bond acceptors (Lipinski definition) is 5. The molecule has 0 saturated heterocycles. The zero-order valence-corrected chi connectivity index (χ0v) is 15.9. The Kier molecular flexibility index (Phi) is 4.12. The van der Waals surface area contributed by atoms with E-state index in [2.05, 4.69) is 17.0 Å². The monoisotopic (exact) mass is 391 g/mol. The summed E-state index contributed by atoms with van der Waals surface area (Å²) in [5.74, 6) is -0.311. The Morgan fingerprint density at radius 2 is 1.76 bits per heavy atom. The number of nitrogens with zero attached hydrogens (tertiary/aromatic N) is 3. The Labute approximate surface area is 168 Å². The lowest BCUT2D eigenvalue weighted by Gasteiger charge is -2.47. The summed E-state index contributed by atoms with van der Waals surface area (Å²) in [7, 11) is 0. The molecule has 3 aliphatic rings. The number of fused-ring (bicyclic) bond motifs is 3. The Hall–Kier alpha value is -3.22. The second-order valence-electron chi connectivity index (χ2n) is 8.08. The van der Waals surface area contributed by atoms with Crippen LogP contribution >= 0.6 is 0 Å². The van der Waals surface area contributed by atoms with Gasteiger partial charge in [-0.15, -0.1) is 0 Å². The maximum atomic E-state index is 13.0. The Balaban J connectivity index is 1.50. The summed E-state index contributed by atoms with van der Waals surface area (Å²) < 4.78 is 0. The molecule has 2 unspecified atom stereocenters. The number of imide groups is 1. The predicted octanol–water partition coefficient (Wildman–Crippen LogP) is 3.77. The van der Waals surface area contributed by atoms with E-state index in [0.29, 0.717) is 12.0 Å². The summed E-state index contributed by atoms with van der Waals surface area (Å²) in [6, 6.07) is 12.4. The lowest BCUT2D eigenvalue weighted by Crippen LogP contribution is -2.52. The van der Waals surface area contributed by atoms with Gasteiger partial charge < -0.3 is 4.90 Å². The molecule has 0 aromatic heterocycles. The van der Waals surface area contributed by atoms with Gasteiger partial charge in [0, 0.05) is 23.9 Å². The first-order valence-electron chi connectivity index (χ1n) is 10.0. The third-order valence-electron chi connectivity index (χ3n) is 6.51. The minimum atomic E-state index is -0.547. The molecule has 2 atom stereocenters. The number of hydrogen-bond donors (Lipinski definition) is 0. The smallest absolute Gasteiger partial charge is 0.270 e. The normalized spacial score (nSPS) is 22.9. The van der Waals surface area contributed by atoms with Gasteiger partial charge in [0.1, 0.15) is 6.67 Å². The molecule has 2 aromatic carbocycles. The number of rotatable bonds is 3. The van der Waals surface area contributed by atoms with Gasteiger partial charge >= 0.3 is 0 Å². The van der Waals surface area contributed by atoms with E-state index in [9.17, 15) is 19.7 Å². The molecule has 0 N–H and O–H groups in total. The van der Waals surface area contributed by atoms with E-state index in [-0.39, 0.29) is 29.4 Å². The van der Waals surface area contributed by atoms with Crippen LogP contribution in [0.3, 0.4) is 0 Å². The van der Waals surface area contributed by atoms with Crippen molar-refractivity contribution in [2.75, 3.05) is 11.6 Å². The predicted molar refractivity (Wildman–Crippen MR) is 107 cm³/mol. The fraction of sp³-hybridized carbons (Fsp3) is 0.364. The van der Waals surface area contributed by atoms with E-state index in [1.165, 1.54) is 35.1 Å². The van der Waals surface area contributed by atoms with Gasteiger partial charge in [0.2, 0.25) is 0 Å². The average molecular weight is 391 g/mol. The molecule has 1 aliphatic carbocycles. The van der Waals surface area contributed by atoms with Gasteiger partial charge in [0.05, 0.1) is 16.1 Å². The van der Waals surface area contributed by atoms with E-state index in [1.807, 2.05) is 12.1 Å². The van der Waals surface area contributed by atoms with Crippen molar-refractivity contribution in [2.45, 2.75) is 38.1 Å². The van der Waals surface area contributed by atoms with Crippen LogP contribution in [0.15, 0.2) is 42.5 Å². The fourth-order valence-corrected chi connectivity index (χ4v) is 5.12. The highest BCUT2D eigenvalue weighted by Gasteiger charge is 2.42. The molecule has 2 aromatic rings. The number of anilines is 1. The second kappa shape index (κ2) is 6.69. The maximum absolute atomic E-state index is 13.0. The molecular formula is C22H21N3O4. The van der Waals surface area contributed by atoms with Gasteiger partial charge in [-0.2, -0.15) is 0 Å². The minimum Gasteiger partial charge on any atom is -0.350 e. The summed E-state index contributed by atoms with van der Waals surface area (Å²) in [5.41, 5.74) is 2.52. The quantitative estimate of drug-likeness (QED) is 0.452. The SMILES string of the molecule is O=C1c2ccc([N+](=O)[O-])cc2C(=O)N1CN1c2ccccc2CC2CCCCC21. The fourth-order valence-electron chi connectivity index (χ4n) is 5.12. The minimum absolute atomic E-state index is 0.120. The molecule has 5 rings (SSSR count). The highest BCUT2D eigenvalue weighted by molar-refractivity contribution is 6.21. The standard InChI is InChI=1S/C22H21N3O4/c26-21-17-10-9-16(25(28)29)12-18(17)22(27)24(21)13-23-19-7-3-1-5-14(19)11-15-6-2-4-8-20(15)23/h1,3,5,7,9-10,12,15,20H,2,4,6,8,11,13H2. The molecular weight excluding hydrogens is 370 g/mol. The van der Waals surface area contributed by atoms with Crippen molar-refractivity contribution in [3.05, 3.63) is 69.3 Å². The van der Waals surface area contributed by atoms with Crippen molar-refractivity contribution in [3.63, 3.8) is 0 Å². The van der Waals surface area contributed by atoms with Gasteiger partial charge in [0.15, 0.2) is 0 Å². The molecule has 1 saturated carbocycles. The van der Waals surface area contributed by atoms with Gasteiger partial charge in [0.25, 0.3) is 17.5 Å². The molecule has 29 heavy (non-hydrogen) atoms. The lowest BCUT2D eigenvalue weighted by molar-refractivity contribution is -0.384. The van der Waals surface area contributed by atoms with Crippen LogP contribution in [0.1, 0.15) is 52.0 Å².